The molecule has 20 heavy (non-hydrogen) atoms. The van der Waals surface area contributed by atoms with Crippen LogP contribution in [0.5, 0.6) is 5.75 Å². The van der Waals surface area contributed by atoms with Crippen molar-refractivity contribution in [2.45, 2.75) is 32.4 Å². The highest BCUT2D eigenvalue weighted by atomic mass is 35.5. The van der Waals surface area contributed by atoms with Gasteiger partial charge in [-0.05, 0) is 32.0 Å². The molecule has 1 unspecified atom stereocenters. The monoisotopic (exact) mass is 300 g/mol. The number of anilines is 1. The number of benzene rings is 1. The molecule has 6 heteroatoms. The Hall–Kier alpha value is -1.30. The standard InChI is InChI=1S/C14H21ClN2O3/c1-9(16-10(2)8-18)6-14(19)17-12-7-11(15)4-5-13(12)20-3/h4-5,7,9-10,16,18H,6,8H2,1-3H3,(H,17,19)/t9?,10-/m1/s1. The first-order chi connectivity index (χ1) is 9.46. The molecule has 0 aliphatic rings. The van der Waals surface area contributed by atoms with Gasteiger partial charge in [-0.2, -0.15) is 0 Å². The van der Waals surface area contributed by atoms with Gasteiger partial charge in [0.2, 0.25) is 5.91 Å². The fraction of sp³-hybridized carbons (Fsp3) is 0.500. The van der Waals surface area contributed by atoms with Gasteiger partial charge in [-0.15, -0.1) is 0 Å². The number of methoxy groups -OCH3 is 1. The zero-order valence-electron chi connectivity index (χ0n) is 11.9. The Balaban J connectivity index is 2.60. The first-order valence-corrected chi connectivity index (χ1v) is 6.84. The van der Waals surface area contributed by atoms with Crippen molar-refractivity contribution >= 4 is 23.2 Å². The van der Waals surface area contributed by atoms with Crippen LogP contribution in [-0.4, -0.2) is 36.8 Å². The van der Waals surface area contributed by atoms with Gasteiger partial charge in [0.15, 0.2) is 0 Å². The van der Waals surface area contributed by atoms with E-state index in [1.54, 1.807) is 18.2 Å². The van der Waals surface area contributed by atoms with Crippen LogP contribution in [0.1, 0.15) is 20.3 Å². The van der Waals surface area contributed by atoms with Crippen molar-refractivity contribution in [3.05, 3.63) is 23.2 Å². The predicted molar refractivity (Wildman–Crippen MR) is 80.4 cm³/mol. The second kappa shape index (κ2) is 8.09. The Bertz CT molecular complexity index is 454. The molecule has 0 aliphatic carbocycles. The maximum absolute atomic E-state index is 12.0. The first-order valence-electron chi connectivity index (χ1n) is 6.46. The smallest absolute Gasteiger partial charge is 0.226 e. The van der Waals surface area contributed by atoms with E-state index in [1.807, 2.05) is 13.8 Å². The molecule has 0 spiro atoms. The second-order valence-corrected chi connectivity index (χ2v) is 5.18. The second-order valence-electron chi connectivity index (χ2n) is 4.75. The molecule has 1 aromatic rings. The quantitative estimate of drug-likeness (QED) is 0.721. The van der Waals surface area contributed by atoms with Crippen LogP contribution in [0.25, 0.3) is 0 Å². The number of aliphatic hydroxyl groups excluding tert-OH is 1. The van der Waals surface area contributed by atoms with Crippen molar-refractivity contribution in [2.75, 3.05) is 19.0 Å². The summed E-state index contributed by atoms with van der Waals surface area (Å²) in [7, 11) is 1.53. The molecule has 0 saturated heterocycles. The van der Waals surface area contributed by atoms with Gasteiger partial charge in [0.1, 0.15) is 5.75 Å². The molecule has 2 atom stereocenters. The minimum Gasteiger partial charge on any atom is -0.495 e. The minimum atomic E-state index is -0.143. The van der Waals surface area contributed by atoms with E-state index in [0.29, 0.717) is 22.9 Å². The van der Waals surface area contributed by atoms with E-state index < -0.39 is 0 Å². The topological polar surface area (TPSA) is 70.6 Å². The highest BCUT2D eigenvalue weighted by Gasteiger charge is 2.13. The predicted octanol–water partition coefficient (Wildman–Crippen LogP) is 2.04. The fourth-order valence-electron chi connectivity index (χ4n) is 1.85. The normalized spacial score (nSPS) is 13.7. The number of amides is 1. The van der Waals surface area contributed by atoms with E-state index in [-0.39, 0.29) is 24.6 Å². The molecule has 0 saturated carbocycles. The highest BCUT2D eigenvalue weighted by Crippen LogP contribution is 2.27. The summed E-state index contributed by atoms with van der Waals surface area (Å²) in [6.07, 6.45) is 0.292. The van der Waals surface area contributed by atoms with Gasteiger partial charge in [0.05, 0.1) is 19.4 Å². The van der Waals surface area contributed by atoms with Crippen LogP contribution in [0.15, 0.2) is 18.2 Å². The van der Waals surface area contributed by atoms with Gasteiger partial charge in [-0.25, -0.2) is 0 Å². The molecule has 0 fully saturated rings. The van der Waals surface area contributed by atoms with Crippen molar-refractivity contribution < 1.29 is 14.6 Å². The molecular weight excluding hydrogens is 280 g/mol. The van der Waals surface area contributed by atoms with Gasteiger partial charge in [-0.3, -0.25) is 4.79 Å². The lowest BCUT2D eigenvalue weighted by Crippen LogP contribution is -2.38. The van der Waals surface area contributed by atoms with E-state index in [0.717, 1.165) is 0 Å². The number of carbonyl (C=O) groups excluding carboxylic acids is 1. The van der Waals surface area contributed by atoms with Crippen molar-refractivity contribution in [3.8, 4) is 5.75 Å². The summed E-state index contributed by atoms with van der Waals surface area (Å²) in [5.41, 5.74) is 0.549. The Morgan fingerprint density at radius 2 is 2.10 bits per heavy atom. The SMILES string of the molecule is COc1ccc(Cl)cc1NC(=O)CC(C)N[C@H](C)CO. The number of ether oxygens (including phenoxy) is 1. The first kappa shape index (κ1) is 16.8. The number of hydrogen-bond donors (Lipinski definition) is 3. The lowest BCUT2D eigenvalue weighted by Gasteiger charge is -2.18. The van der Waals surface area contributed by atoms with E-state index in [2.05, 4.69) is 10.6 Å². The largest absolute Gasteiger partial charge is 0.495 e. The molecule has 112 valence electrons. The fourth-order valence-corrected chi connectivity index (χ4v) is 2.03. The third-order valence-corrected chi connectivity index (χ3v) is 3.01. The van der Waals surface area contributed by atoms with E-state index >= 15 is 0 Å². The van der Waals surface area contributed by atoms with Gasteiger partial charge in [-0.1, -0.05) is 11.6 Å². The molecule has 1 rings (SSSR count). The third-order valence-electron chi connectivity index (χ3n) is 2.77. The maximum atomic E-state index is 12.0. The highest BCUT2D eigenvalue weighted by molar-refractivity contribution is 6.31. The number of halogens is 1. The van der Waals surface area contributed by atoms with Crippen LogP contribution in [0.3, 0.4) is 0 Å². The van der Waals surface area contributed by atoms with Gasteiger partial charge < -0.3 is 20.5 Å². The van der Waals surface area contributed by atoms with Crippen molar-refractivity contribution in [3.63, 3.8) is 0 Å². The molecule has 3 N–H and O–H groups in total. The Morgan fingerprint density at radius 3 is 2.70 bits per heavy atom. The van der Waals surface area contributed by atoms with E-state index in [1.165, 1.54) is 7.11 Å². The zero-order valence-corrected chi connectivity index (χ0v) is 12.7. The molecule has 0 bridgehead atoms. The molecule has 0 radical (unpaired) electrons. The number of aliphatic hydroxyl groups is 1. The molecule has 0 heterocycles. The van der Waals surface area contributed by atoms with Gasteiger partial charge in [0, 0.05) is 23.5 Å². The molecule has 1 aromatic carbocycles. The lowest BCUT2D eigenvalue weighted by molar-refractivity contribution is -0.116. The van der Waals surface area contributed by atoms with Crippen molar-refractivity contribution in [2.24, 2.45) is 0 Å². The summed E-state index contributed by atoms with van der Waals surface area (Å²) in [5.74, 6) is 0.419. The Kier molecular flexibility index (Phi) is 6.78. The summed E-state index contributed by atoms with van der Waals surface area (Å²) in [5, 5.41) is 15.4. The van der Waals surface area contributed by atoms with E-state index in [9.17, 15) is 4.79 Å². The van der Waals surface area contributed by atoms with Crippen LogP contribution in [0.4, 0.5) is 5.69 Å². The van der Waals surface area contributed by atoms with Crippen LogP contribution >= 0.6 is 11.6 Å². The zero-order chi connectivity index (χ0) is 15.1. The number of rotatable bonds is 7. The molecule has 1 amide bonds. The average Bonchev–Trinajstić information content (AvgIpc) is 2.38. The molecule has 0 aromatic heterocycles. The van der Waals surface area contributed by atoms with Crippen LogP contribution in [-0.2, 0) is 4.79 Å². The Morgan fingerprint density at radius 1 is 1.40 bits per heavy atom. The van der Waals surface area contributed by atoms with Crippen molar-refractivity contribution in [1.29, 1.82) is 0 Å². The van der Waals surface area contributed by atoms with Crippen LogP contribution in [0.2, 0.25) is 5.02 Å². The summed E-state index contributed by atoms with van der Waals surface area (Å²) < 4.78 is 5.17. The lowest BCUT2D eigenvalue weighted by atomic mass is 10.2. The number of hydrogen-bond acceptors (Lipinski definition) is 4. The molecule has 0 aliphatic heterocycles. The summed E-state index contributed by atoms with van der Waals surface area (Å²) in [4.78, 5) is 12.0. The average molecular weight is 301 g/mol. The van der Waals surface area contributed by atoms with Crippen LogP contribution < -0.4 is 15.4 Å². The maximum Gasteiger partial charge on any atom is 0.226 e. The number of nitrogens with one attached hydrogen (secondary N) is 2. The molecule has 5 nitrogen and oxygen atoms in total. The van der Waals surface area contributed by atoms with Gasteiger partial charge in [0.25, 0.3) is 0 Å². The van der Waals surface area contributed by atoms with Crippen molar-refractivity contribution in [1.82, 2.24) is 5.32 Å². The minimum absolute atomic E-state index is 0.0358. The molecular formula is C14H21ClN2O3. The van der Waals surface area contributed by atoms with E-state index in [4.69, 9.17) is 21.4 Å². The Labute approximate surface area is 124 Å². The third kappa shape index (κ3) is 5.36. The van der Waals surface area contributed by atoms with Crippen LogP contribution in [0, 0.1) is 0 Å². The summed E-state index contributed by atoms with van der Waals surface area (Å²) in [6, 6.07) is 4.96. The summed E-state index contributed by atoms with van der Waals surface area (Å²) >= 11 is 5.90. The summed E-state index contributed by atoms with van der Waals surface area (Å²) in [6.45, 7) is 3.78. The van der Waals surface area contributed by atoms with Gasteiger partial charge >= 0.3 is 0 Å². The number of carbonyl (C=O) groups is 1.